The lowest BCUT2D eigenvalue weighted by Gasteiger charge is -2.26. The third-order valence-corrected chi connectivity index (χ3v) is 2.79. The number of carboxylic acid groups (broad SMARTS) is 2. The van der Waals surface area contributed by atoms with E-state index < -0.39 is 23.6 Å². The van der Waals surface area contributed by atoms with E-state index in [2.05, 4.69) is 0 Å². The Bertz CT molecular complexity index is 433. The molecule has 0 heterocycles. The van der Waals surface area contributed by atoms with Gasteiger partial charge in [-0.05, 0) is 18.4 Å². The molecule has 0 amide bonds. The van der Waals surface area contributed by atoms with E-state index in [1.807, 2.05) is 0 Å². The van der Waals surface area contributed by atoms with E-state index in [0.717, 1.165) is 5.56 Å². The molecular weight excluding hydrogens is 238 g/mol. The summed E-state index contributed by atoms with van der Waals surface area (Å²) in [6, 6.07) is 7.00. The number of nitrogens with two attached hydrogens (primary N) is 1. The van der Waals surface area contributed by atoms with Crippen molar-refractivity contribution in [3.63, 3.8) is 0 Å². The number of carboxylic acids is 2. The van der Waals surface area contributed by atoms with Crippen LogP contribution >= 0.6 is 0 Å². The molecule has 98 valence electrons. The standard InChI is InChI=1S/C12H15NO5/c13-9(10(14)15)12(18,11(16)17)7-6-8-4-2-1-3-5-8/h1-5,9,18H,6-7,13H2,(H,14,15)(H,16,17)/t9-,12-/m1/s1. The molecule has 0 bridgehead atoms. The van der Waals surface area contributed by atoms with Crippen LogP contribution in [0.4, 0.5) is 0 Å². The molecule has 0 aliphatic carbocycles. The fourth-order valence-electron chi connectivity index (χ4n) is 1.58. The number of aryl methyl sites for hydroxylation is 1. The normalized spacial score (nSPS) is 15.7. The van der Waals surface area contributed by atoms with Crippen molar-refractivity contribution in [1.82, 2.24) is 0 Å². The molecule has 0 aromatic heterocycles. The van der Waals surface area contributed by atoms with E-state index in [9.17, 15) is 14.7 Å². The minimum atomic E-state index is -2.47. The first-order valence-electron chi connectivity index (χ1n) is 5.36. The predicted octanol–water partition coefficient (Wildman–Crippen LogP) is -0.153. The minimum Gasteiger partial charge on any atom is -0.480 e. The maximum atomic E-state index is 11.0. The first-order chi connectivity index (χ1) is 8.38. The van der Waals surface area contributed by atoms with E-state index in [-0.39, 0.29) is 12.8 Å². The number of aliphatic carboxylic acids is 2. The van der Waals surface area contributed by atoms with E-state index >= 15 is 0 Å². The van der Waals surface area contributed by atoms with Gasteiger partial charge in [-0.2, -0.15) is 0 Å². The van der Waals surface area contributed by atoms with Crippen molar-refractivity contribution in [3.05, 3.63) is 35.9 Å². The Balaban J connectivity index is 2.81. The van der Waals surface area contributed by atoms with E-state index in [4.69, 9.17) is 15.9 Å². The van der Waals surface area contributed by atoms with Crippen LogP contribution < -0.4 is 5.73 Å². The smallest absolute Gasteiger partial charge is 0.337 e. The summed E-state index contributed by atoms with van der Waals surface area (Å²) in [6.45, 7) is 0. The zero-order valence-corrected chi connectivity index (χ0v) is 9.61. The van der Waals surface area contributed by atoms with Crippen molar-refractivity contribution in [2.24, 2.45) is 5.73 Å². The van der Waals surface area contributed by atoms with Gasteiger partial charge in [0, 0.05) is 0 Å². The van der Waals surface area contributed by atoms with Crippen LogP contribution in [-0.2, 0) is 16.0 Å². The van der Waals surface area contributed by atoms with Gasteiger partial charge in [0.1, 0.15) is 6.04 Å². The summed E-state index contributed by atoms with van der Waals surface area (Å²) in [5.41, 5.74) is 3.56. The molecule has 6 nitrogen and oxygen atoms in total. The lowest BCUT2D eigenvalue weighted by Crippen LogP contribution is -2.58. The van der Waals surface area contributed by atoms with Gasteiger partial charge in [-0.15, -0.1) is 0 Å². The molecule has 0 fully saturated rings. The highest BCUT2D eigenvalue weighted by Crippen LogP contribution is 2.18. The molecule has 1 aromatic carbocycles. The second-order valence-corrected chi connectivity index (χ2v) is 4.03. The summed E-state index contributed by atoms with van der Waals surface area (Å²) >= 11 is 0. The number of carbonyl (C=O) groups is 2. The maximum absolute atomic E-state index is 11.0. The van der Waals surface area contributed by atoms with E-state index in [0.29, 0.717) is 0 Å². The maximum Gasteiger partial charge on any atom is 0.337 e. The van der Waals surface area contributed by atoms with Gasteiger partial charge in [0.25, 0.3) is 0 Å². The Labute approximate surface area is 104 Å². The molecule has 0 unspecified atom stereocenters. The van der Waals surface area contributed by atoms with Crippen LogP contribution in [0.1, 0.15) is 12.0 Å². The molecule has 1 rings (SSSR count). The molecule has 2 atom stereocenters. The summed E-state index contributed by atoms with van der Waals surface area (Å²) in [5.74, 6) is -3.18. The number of rotatable bonds is 6. The largest absolute Gasteiger partial charge is 0.480 e. The summed E-state index contributed by atoms with van der Waals surface area (Å²) in [6.07, 6.45) is -0.0373. The third-order valence-electron chi connectivity index (χ3n) is 2.79. The molecule has 0 aliphatic heterocycles. The van der Waals surface area contributed by atoms with Gasteiger partial charge in [0.05, 0.1) is 0 Å². The quantitative estimate of drug-likeness (QED) is 0.559. The van der Waals surface area contributed by atoms with Gasteiger partial charge in [0.15, 0.2) is 5.60 Å². The predicted molar refractivity (Wildman–Crippen MR) is 63.0 cm³/mol. The van der Waals surface area contributed by atoms with Crippen molar-refractivity contribution in [3.8, 4) is 0 Å². The van der Waals surface area contributed by atoms with Gasteiger partial charge in [-0.25, -0.2) is 4.79 Å². The van der Waals surface area contributed by atoms with Crippen LogP contribution in [0.15, 0.2) is 30.3 Å². The van der Waals surface area contributed by atoms with E-state index in [1.54, 1.807) is 30.3 Å². The molecule has 1 aromatic rings. The molecule has 0 saturated heterocycles. The van der Waals surface area contributed by atoms with Crippen LogP contribution in [0, 0.1) is 0 Å². The molecular formula is C12H15NO5. The molecule has 5 N–H and O–H groups in total. The first kappa shape index (κ1) is 14.1. The molecule has 0 spiro atoms. The monoisotopic (exact) mass is 253 g/mol. The van der Waals surface area contributed by atoms with Crippen molar-refractivity contribution < 1.29 is 24.9 Å². The second kappa shape index (κ2) is 5.61. The van der Waals surface area contributed by atoms with Crippen molar-refractivity contribution in [2.75, 3.05) is 0 Å². The highest BCUT2D eigenvalue weighted by atomic mass is 16.4. The van der Waals surface area contributed by atoms with Crippen LogP contribution in [0.25, 0.3) is 0 Å². The fraction of sp³-hybridized carbons (Fsp3) is 0.333. The van der Waals surface area contributed by atoms with Crippen molar-refractivity contribution in [1.29, 1.82) is 0 Å². The fourth-order valence-corrected chi connectivity index (χ4v) is 1.58. The Hall–Kier alpha value is -1.92. The summed E-state index contributed by atoms with van der Waals surface area (Å²) in [7, 11) is 0. The number of hydrogen-bond acceptors (Lipinski definition) is 4. The SMILES string of the molecule is N[C@H](C(=O)O)[C@](O)(CCc1ccccc1)C(=O)O. The topological polar surface area (TPSA) is 121 Å². The zero-order valence-electron chi connectivity index (χ0n) is 9.61. The highest BCUT2D eigenvalue weighted by molar-refractivity contribution is 5.87. The Morgan fingerprint density at radius 1 is 1.22 bits per heavy atom. The van der Waals surface area contributed by atoms with Gasteiger partial charge < -0.3 is 21.1 Å². The molecule has 6 heteroatoms. The van der Waals surface area contributed by atoms with Gasteiger partial charge in [-0.1, -0.05) is 30.3 Å². The first-order valence-corrected chi connectivity index (χ1v) is 5.36. The summed E-state index contributed by atoms with van der Waals surface area (Å²) < 4.78 is 0. The lowest BCUT2D eigenvalue weighted by molar-refractivity contribution is -0.168. The molecule has 0 saturated carbocycles. The molecule has 0 radical (unpaired) electrons. The van der Waals surface area contributed by atoms with Crippen LogP contribution in [0.2, 0.25) is 0 Å². The number of benzene rings is 1. The van der Waals surface area contributed by atoms with Crippen molar-refractivity contribution >= 4 is 11.9 Å². The van der Waals surface area contributed by atoms with Crippen LogP contribution in [0.5, 0.6) is 0 Å². The van der Waals surface area contributed by atoms with Gasteiger partial charge >= 0.3 is 11.9 Å². The lowest BCUT2D eigenvalue weighted by atomic mass is 9.88. The Kier molecular flexibility index (Phi) is 4.41. The van der Waals surface area contributed by atoms with Crippen molar-refractivity contribution in [2.45, 2.75) is 24.5 Å². The van der Waals surface area contributed by atoms with Gasteiger partial charge in [0.2, 0.25) is 0 Å². The second-order valence-electron chi connectivity index (χ2n) is 4.03. The average molecular weight is 253 g/mol. The molecule has 18 heavy (non-hydrogen) atoms. The third kappa shape index (κ3) is 3.06. The summed E-state index contributed by atoms with van der Waals surface area (Å²) in [4.78, 5) is 21.7. The van der Waals surface area contributed by atoms with Gasteiger partial charge in [-0.3, -0.25) is 4.79 Å². The zero-order chi connectivity index (χ0) is 13.8. The number of aliphatic hydroxyl groups is 1. The highest BCUT2D eigenvalue weighted by Gasteiger charge is 2.45. The average Bonchev–Trinajstić information content (AvgIpc) is 2.35. The van der Waals surface area contributed by atoms with Crippen LogP contribution in [-0.4, -0.2) is 38.9 Å². The Morgan fingerprint density at radius 3 is 2.22 bits per heavy atom. The number of hydrogen-bond donors (Lipinski definition) is 4. The van der Waals surface area contributed by atoms with Crippen LogP contribution in [0.3, 0.4) is 0 Å². The molecule has 0 aliphatic rings. The Morgan fingerprint density at radius 2 is 1.78 bits per heavy atom. The minimum absolute atomic E-state index is 0.227. The summed E-state index contributed by atoms with van der Waals surface area (Å²) in [5, 5.41) is 27.5. The van der Waals surface area contributed by atoms with E-state index in [1.165, 1.54) is 0 Å².